The molecule has 1 amide bonds. The lowest BCUT2D eigenvalue weighted by Crippen LogP contribution is -2.41. The Morgan fingerprint density at radius 3 is 2.29 bits per heavy atom. The van der Waals surface area contributed by atoms with E-state index < -0.39 is 5.60 Å². The van der Waals surface area contributed by atoms with Crippen LogP contribution in [0.1, 0.15) is 60.8 Å². The maximum atomic E-state index is 11.7. The Hall–Kier alpha value is -0.770. The molecule has 0 radical (unpaired) electrons. The van der Waals surface area contributed by atoms with Crippen LogP contribution in [-0.4, -0.2) is 30.8 Å². The summed E-state index contributed by atoms with van der Waals surface area (Å²) in [6.45, 7) is 13.9. The van der Waals surface area contributed by atoms with Crippen LogP contribution >= 0.6 is 0 Å². The average molecular weight is 298 g/mol. The first-order chi connectivity index (χ1) is 9.67. The fraction of sp³-hybridized carbons (Fsp3) is 0.941. The molecule has 0 heterocycles. The molecule has 0 saturated heterocycles. The summed E-state index contributed by atoms with van der Waals surface area (Å²) in [5.74, 6) is 1.91. The number of carbonyl (C=O) groups is 1. The standard InChI is InChI=1S/C17H34N2O2/c1-12(2)15(10-18-13(3)9-14-7-8-14)11-19-16(20)21-17(4,5)6/h12-15,18H,7-11H2,1-6H3,(H,19,20). The van der Waals surface area contributed by atoms with Crippen molar-refractivity contribution < 1.29 is 9.53 Å². The van der Waals surface area contributed by atoms with Gasteiger partial charge in [0.05, 0.1) is 0 Å². The third-order valence-electron chi connectivity index (χ3n) is 3.96. The van der Waals surface area contributed by atoms with Crippen LogP contribution in [0.5, 0.6) is 0 Å². The summed E-state index contributed by atoms with van der Waals surface area (Å²) in [5, 5.41) is 6.51. The van der Waals surface area contributed by atoms with Crippen LogP contribution in [0.15, 0.2) is 0 Å². The van der Waals surface area contributed by atoms with E-state index in [-0.39, 0.29) is 6.09 Å². The molecule has 0 bridgehead atoms. The Labute approximate surface area is 130 Å². The molecular weight excluding hydrogens is 264 g/mol. The summed E-state index contributed by atoms with van der Waals surface area (Å²) in [6, 6.07) is 0.570. The normalized spacial score (nSPS) is 18.4. The maximum absolute atomic E-state index is 11.7. The molecule has 1 aliphatic rings. The van der Waals surface area contributed by atoms with Gasteiger partial charge in [0.2, 0.25) is 0 Å². The molecule has 2 atom stereocenters. The number of ether oxygens (including phenoxy) is 1. The average Bonchev–Trinajstić information content (AvgIpc) is 3.09. The number of alkyl carbamates (subject to hydrolysis) is 1. The predicted molar refractivity (Wildman–Crippen MR) is 87.4 cm³/mol. The molecule has 4 nitrogen and oxygen atoms in total. The van der Waals surface area contributed by atoms with E-state index in [9.17, 15) is 4.79 Å². The smallest absolute Gasteiger partial charge is 0.407 e. The van der Waals surface area contributed by atoms with Crippen LogP contribution in [0, 0.1) is 17.8 Å². The van der Waals surface area contributed by atoms with Crippen molar-refractivity contribution in [3.63, 3.8) is 0 Å². The number of rotatable bonds is 8. The summed E-state index contributed by atoms with van der Waals surface area (Å²) in [5.41, 5.74) is -0.436. The summed E-state index contributed by atoms with van der Waals surface area (Å²) in [4.78, 5) is 11.7. The van der Waals surface area contributed by atoms with Crippen molar-refractivity contribution >= 4 is 6.09 Å². The van der Waals surface area contributed by atoms with Gasteiger partial charge in [0, 0.05) is 19.1 Å². The van der Waals surface area contributed by atoms with E-state index in [2.05, 4.69) is 31.4 Å². The van der Waals surface area contributed by atoms with Gasteiger partial charge in [-0.3, -0.25) is 0 Å². The van der Waals surface area contributed by atoms with Crippen molar-refractivity contribution in [2.45, 2.75) is 72.4 Å². The molecule has 2 N–H and O–H groups in total. The van der Waals surface area contributed by atoms with E-state index in [1.54, 1.807) is 0 Å². The Bertz CT molecular complexity index is 319. The van der Waals surface area contributed by atoms with Crippen LogP contribution in [0.3, 0.4) is 0 Å². The third kappa shape index (κ3) is 8.97. The first-order valence-corrected chi connectivity index (χ1v) is 8.37. The van der Waals surface area contributed by atoms with Crippen molar-refractivity contribution in [1.82, 2.24) is 10.6 Å². The number of carbonyl (C=O) groups excluding carboxylic acids is 1. The minimum Gasteiger partial charge on any atom is -0.444 e. The minimum atomic E-state index is -0.436. The van der Waals surface area contributed by atoms with Crippen LogP contribution in [-0.2, 0) is 4.74 Å². The minimum absolute atomic E-state index is 0.320. The molecule has 0 aromatic carbocycles. The molecule has 1 rings (SSSR count). The van der Waals surface area contributed by atoms with E-state index >= 15 is 0 Å². The predicted octanol–water partition coefficient (Wildman–Crippen LogP) is 3.56. The molecular formula is C17H34N2O2. The highest BCUT2D eigenvalue weighted by atomic mass is 16.6. The lowest BCUT2D eigenvalue weighted by Gasteiger charge is -2.25. The van der Waals surface area contributed by atoms with Gasteiger partial charge in [-0.1, -0.05) is 26.7 Å². The summed E-state index contributed by atoms with van der Waals surface area (Å²) in [7, 11) is 0. The highest BCUT2D eigenvalue weighted by molar-refractivity contribution is 5.67. The van der Waals surface area contributed by atoms with Crippen molar-refractivity contribution in [3.05, 3.63) is 0 Å². The van der Waals surface area contributed by atoms with Crippen LogP contribution < -0.4 is 10.6 Å². The van der Waals surface area contributed by atoms with Gasteiger partial charge < -0.3 is 15.4 Å². The molecule has 2 unspecified atom stereocenters. The van der Waals surface area contributed by atoms with Gasteiger partial charge >= 0.3 is 6.09 Å². The maximum Gasteiger partial charge on any atom is 0.407 e. The third-order valence-corrected chi connectivity index (χ3v) is 3.96. The van der Waals surface area contributed by atoms with Gasteiger partial charge in [-0.15, -0.1) is 0 Å². The zero-order chi connectivity index (χ0) is 16.0. The zero-order valence-electron chi connectivity index (χ0n) is 14.7. The summed E-state index contributed by atoms with van der Waals surface area (Å²) >= 11 is 0. The molecule has 4 heteroatoms. The van der Waals surface area contributed by atoms with Crippen molar-refractivity contribution in [2.24, 2.45) is 17.8 Å². The fourth-order valence-electron chi connectivity index (χ4n) is 2.36. The molecule has 124 valence electrons. The van der Waals surface area contributed by atoms with Gasteiger partial charge in [0.1, 0.15) is 5.60 Å². The molecule has 1 saturated carbocycles. The Balaban J connectivity index is 2.26. The van der Waals surface area contributed by atoms with Gasteiger partial charge in [-0.25, -0.2) is 4.79 Å². The number of hydrogen-bond acceptors (Lipinski definition) is 3. The van der Waals surface area contributed by atoms with Gasteiger partial charge in [-0.05, 0) is 51.9 Å². The Morgan fingerprint density at radius 1 is 1.19 bits per heavy atom. The second-order valence-electron chi connectivity index (χ2n) is 7.88. The van der Waals surface area contributed by atoms with Crippen LogP contribution in [0.4, 0.5) is 4.79 Å². The molecule has 0 aromatic heterocycles. The molecule has 0 aliphatic heterocycles. The number of nitrogens with one attached hydrogen (secondary N) is 2. The second-order valence-corrected chi connectivity index (χ2v) is 7.88. The van der Waals surface area contributed by atoms with E-state index in [1.165, 1.54) is 19.3 Å². The van der Waals surface area contributed by atoms with E-state index in [0.29, 0.717) is 24.4 Å². The molecule has 0 aromatic rings. The Kier molecular flexibility index (Phi) is 6.98. The van der Waals surface area contributed by atoms with Crippen molar-refractivity contribution in [2.75, 3.05) is 13.1 Å². The number of amides is 1. The molecule has 1 aliphatic carbocycles. The second kappa shape index (κ2) is 8.02. The number of hydrogen-bond donors (Lipinski definition) is 2. The lowest BCUT2D eigenvalue weighted by molar-refractivity contribution is 0.0514. The topological polar surface area (TPSA) is 50.4 Å². The summed E-state index contributed by atoms with van der Waals surface area (Å²) in [6.07, 6.45) is 3.77. The Morgan fingerprint density at radius 2 is 1.81 bits per heavy atom. The SMILES string of the molecule is CC(CC1CC1)NCC(CNC(=O)OC(C)(C)C)C(C)C. The molecule has 1 fully saturated rings. The largest absolute Gasteiger partial charge is 0.444 e. The monoisotopic (exact) mass is 298 g/mol. The first kappa shape index (κ1) is 18.3. The van der Waals surface area contributed by atoms with Crippen LogP contribution in [0.25, 0.3) is 0 Å². The van der Waals surface area contributed by atoms with E-state index in [1.807, 2.05) is 20.8 Å². The molecule has 21 heavy (non-hydrogen) atoms. The van der Waals surface area contributed by atoms with E-state index in [0.717, 1.165) is 12.5 Å². The highest BCUT2D eigenvalue weighted by Gasteiger charge is 2.24. The fourth-order valence-corrected chi connectivity index (χ4v) is 2.36. The molecule has 0 spiro atoms. The van der Waals surface area contributed by atoms with Gasteiger partial charge in [-0.2, -0.15) is 0 Å². The van der Waals surface area contributed by atoms with Crippen molar-refractivity contribution in [3.8, 4) is 0 Å². The van der Waals surface area contributed by atoms with Gasteiger partial charge in [0.25, 0.3) is 0 Å². The quantitative estimate of drug-likeness (QED) is 0.720. The zero-order valence-corrected chi connectivity index (χ0v) is 14.7. The highest BCUT2D eigenvalue weighted by Crippen LogP contribution is 2.33. The lowest BCUT2D eigenvalue weighted by atomic mass is 9.95. The van der Waals surface area contributed by atoms with E-state index in [4.69, 9.17) is 4.74 Å². The summed E-state index contributed by atoms with van der Waals surface area (Å²) < 4.78 is 5.28. The first-order valence-electron chi connectivity index (χ1n) is 8.37. The van der Waals surface area contributed by atoms with Crippen molar-refractivity contribution in [1.29, 1.82) is 0 Å². The van der Waals surface area contributed by atoms with Crippen LogP contribution in [0.2, 0.25) is 0 Å². The van der Waals surface area contributed by atoms with Gasteiger partial charge in [0.15, 0.2) is 0 Å².